The van der Waals surface area contributed by atoms with Crippen molar-refractivity contribution in [2.45, 2.75) is 21.0 Å². The molecule has 0 saturated heterocycles. The van der Waals surface area contributed by atoms with E-state index in [1.54, 1.807) is 14.6 Å². The first-order chi connectivity index (χ1) is 8.86. The molecular weight excluding hydrogens is 316 g/mol. The van der Waals surface area contributed by atoms with Gasteiger partial charge >= 0.3 is 0 Å². The lowest BCUT2D eigenvalue weighted by Crippen LogP contribution is -2.19. The van der Waals surface area contributed by atoms with Crippen molar-refractivity contribution in [2.75, 3.05) is 5.75 Å². The Balaban J connectivity index is 1.72. The van der Waals surface area contributed by atoms with Gasteiger partial charge in [-0.2, -0.15) is 0 Å². The lowest BCUT2D eigenvalue weighted by Gasteiger charge is -2.20. The molecule has 5 heteroatoms. The molecule has 3 aromatic heterocycles. The Labute approximate surface area is 125 Å². The monoisotopic (exact) mass is 324 g/mol. The normalized spacial score (nSPS) is 25.1. The van der Waals surface area contributed by atoms with E-state index < -0.39 is 0 Å². The van der Waals surface area contributed by atoms with Crippen molar-refractivity contribution >= 4 is 66.9 Å². The SMILES string of the molecule is c1cc2c(s1)CC1(CSc3c1sc1ccsc31)S2. The second-order valence-corrected chi connectivity index (χ2v) is 10.0. The summed E-state index contributed by atoms with van der Waals surface area (Å²) in [5.74, 6) is 1.26. The van der Waals surface area contributed by atoms with Gasteiger partial charge in [-0.1, -0.05) is 0 Å². The van der Waals surface area contributed by atoms with E-state index in [4.69, 9.17) is 0 Å². The quantitative estimate of drug-likeness (QED) is 0.522. The molecule has 18 heavy (non-hydrogen) atoms. The number of thiophene rings is 3. The molecule has 0 N–H and O–H groups in total. The van der Waals surface area contributed by atoms with Crippen molar-refractivity contribution in [1.29, 1.82) is 0 Å². The zero-order chi connectivity index (χ0) is 11.7. The van der Waals surface area contributed by atoms with Gasteiger partial charge in [-0.15, -0.1) is 57.5 Å². The molecule has 90 valence electrons. The van der Waals surface area contributed by atoms with Crippen LogP contribution < -0.4 is 0 Å². The van der Waals surface area contributed by atoms with E-state index in [-0.39, 0.29) is 0 Å². The fourth-order valence-corrected chi connectivity index (χ4v) is 10.2. The van der Waals surface area contributed by atoms with Crippen LogP contribution in [0.25, 0.3) is 9.40 Å². The lowest BCUT2D eigenvalue weighted by molar-refractivity contribution is 0.743. The largest absolute Gasteiger partial charge is 0.148 e. The van der Waals surface area contributed by atoms with Crippen LogP contribution in [-0.2, 0) is 11.2 Å². The minimum absolute atomic E-state index is 0.367. The van der Waals surface area contributed by atoms with Crippen LogP contribution in [0.3, 0.4) is 0 Å². The van der Waals surface area contributed by atoms with Gasteiger partial charge < -0.3 is 0 Å². The lowest BCUT2D eigenvalue weighted by atomic mass is 10.0. The Morgan fingerprint density at radius 3 is 3.00 bits per heavy atom. The van der Waals surface area contributed by atoms with Gasteiger partial charge in [0, 0.05) is 36.4 Å². The molecule has 0 radical (unpaired) electrons. The van der Waals surface area contributed by atoms with Crippen LogP contribution in [0, 0.1) is 0 Å². The Bertz CT molecular complexity index is 739. The second kappa shape index (κ2) is 3.58. The minimum Gasteiger partial charge on any atom is -0.148 e. The summed E-state index contributed by atoms with van der Waals surface area (Å²) in [7, 11) is 0. The molecular formula is C13H8S5. The zero-order valence-corrected chi connectivity index (χ0v) is 13.3. The molecule has 0 amide bonds. The third kappa shape index (κ3) is 1.25. The molecule has 5 rings (SSSR count). The highest BCUT2D eigenvalue weighted by Crippen LogP contribution is 2.64. The summed E-state index contributed by atoms with van der Waals surface area (Å²) >= 11 is 10.1. The molecule has 2 aliphatic heterocycles. The maximum Gasteiger partial charge on any atom is 0.0702 e. The summed E-state index contributed by atoms with van der Waals surface area (Å²) in [6, 6.07) is 4.59. The zero-order valence-electron chi connectivity index (χ0n) is 9.26. The maximum absolute atomic E-state index is 2.30. The minimum atomic E-state index is 0.367. The van der Waals surface area contributed by atoms with E-state index in [0.29, 0.717) is 4.75 Å². The Morgan fingerprint density at radius 1 is 1.11 bits per heavy atom. The first-order valence-electron chi connectivity index (χ1n) is 5.74. The number of hydrogen-bond donors (Lipinski definition) is 0. The third-order valence-corrected chi connectivity index (χ3v) is 10.4. The highest BCUT2D eigenvalue weighted by molar-refractivity contribution is 8.05. The smallest absolute Gasteiger partial charge is 0.0702 e. The van der Waals surface area contributed by atoms with Crippen LogP contribution in [0.1, 0.15) is 9.75 Å². The van der Waals surface area contributed by atoms with Gasteiger partial charge in [-0.3, -0.25) is 0 Å². The molecule has 0 saturated carbocycles. The van der Waals surface area contributed by atoms with Crippen LogP contribution in [0.4, 0.5) is 0 Å². The molecule has 1 unspecified atom stereocenters. The van der Waals surface area contributed by atoms with Gasteiger partial charge in [0.25, 0.3) is 0 Å². The Kier molecular flexibility index (Phi) is 2.15. The molecule has 3 aromatic rings. The van der Waals surface area contributed by atoms with Crippen molar-refractivity contribution in [1.82, 2.24) is 0 Å². The van der Waals surface area contributed by atoms with Crippen molar-refractivity contribution in [3.8, 4) is 0 Å². The molecule has 0 bridgehead atoms. The summed E-state index contributed by atoms with van der Waals surface area (Å²) in [5, 5.41) is 4.46. The van der Waals surface area contributed by atoms with E-state index in [1.165, 1.54) is 26.5 Å². The van der Waals surface area contributed by atoms with Gasteiger partial charge in [-0.05, 0) is 22.9 Å². The van der Waals surface area contributed by atoms with Gasteiger partial charge in [0.1, 0.15) is 0 Å². The van der Waals surface area contributed by atoms with Gasteiger partial charge in [-0.25, -0.2) is 0 Å². The van der Waals surface area contributed by atoms with Crippen LogP contribution in [0.5, 0.6) is 0 Å². The van der Waals surface area contributed by atoms with Crippen molar-refractivity contribution in [3.05, 3.63) is 32.6 Å². The first-order valence-corrected chi connectivity index (χ1v) is 10.1. The molecule has 1 spiro atoms. The van der Waals surface area contributed by atoms with E-state index in [9.17, 15) is 0 Å². The third-order valence-electron chi connectivity index (χ3n) is 3.57. The van der Waals surface area contributed by atoms with Crippen LogP contribution in [-0.4, -0.2) is 5.75 Å². The van der Waals surface area contributed by atoms with Crippen molar-refractivity contribution in [2.24, 2.45) is 0 Å². The fourth-order valence-electron chi connectivity index (χ4n) is 2.75. The number of thioether (sulfide) groups is 2. The highest BCUT2D eigenvalue weighted by Gasteiger charge is 2.47. The van der Waals surface area contributed by atoms with Gasteiger partial charge in [0.15, 0.2) is 0 Å². The molecule has 0 fully saturated rings. The van der Waals surface area contributed by atoms with Crippen LogP contribution in [0.2, 0.25) is 0 Å². The molecule has 1 atom stereocenters. The molecule has 0 aromatic carbocycles. The van der Waals surface area contributed by atoms with Gasteiger partial charge in [0.2, 0.25) is 0 Å². The molecule has 5 heterocycles. The average Bonchev–Trinajstić information content (AvgIpc) is 3.07. The summed E-state index contributed by atoms with van der Waals surface area (Å²) in [6.45, 7) is 0. The number of rotatable bonds is 0. The maximum atomic E-state index is 2.30. The van der Waals surface area contributed by atoms with Crippen molar-refractivity contribution in [3.63, 3.8) is 0 Å². The van der Waals surface area contributed by atoms with E-state index >= 15 is 0 Å². The van der Waals surface area contributed by atoms with E-state index in [2.05, 4.69) is 46.4 Å². The topological polar surface area (TPSA) is 0 Å². The van der Waals surface area contributed by atoms with E-state index in [1.807, 2.05) is 34.0 Å². The van der Waals surface area contributed by atoms with E-state index in [0.717, 1.165) is 0 Å². The van der Waals surface area contributed by atoms with Crippen LogP contribution >= 0.6 is 57.5 Å². The molecule has 2 aliphatic rings. The summed E-state index contributed by atoms with van der Waals surface area (Å²) in [6.07, 6.45) is 1.25. The number of fused-ring (bicyclic) bond motifs is 5. The fraction of sp³-hybridized carbons (Fsp3) is 0.231. The predicted octanol–water partition coefficient (Wildman–Crippen LogP) is 5.67. The molecule has 0 nitrogen and oxygen atoms in total. The first kappa shape index (κ1) is 10.8. The Morgan fingerprint density at radius 2 is 2.06 bits per heavy atom. The van der Waals surface area contributed by atoms with Gasteiger partial charge in [0.05, 0.1) is 9.45 Å². The average molecular weight is 325 g/mol. The van der Waals surface area contributed by atoms with Crippen molar-refractivity contribution < 1.29 is 0 Å². The second-order valence-electron chi connectivity index (χ2n) is 4.64. The predicted molar refractivity (Wildman–Crippen MR) is 86.0 cm³/mol. The Hall–Kier alpha value is 0.0600. The standard InChI is InChI=1S/C13H8S5/c1-3-14-9-5-13(18-7(1)9)6-16-11-10-8(2-4-15-10)17-12(11)13/h1-4H,5-6H2. The summed E-state index contributed by atoms with van der Waals surface area (Å²) < 4.78 is 3.39. The summed E-state index contributed by atoms with van der Waals surface area (Å²) in [4.78, 5) is 6.38. The molecule has 0 aliphatic carbocycles. The summed E-state index contributed by atoms with van der Waals surface area (Å²) in [5.41, 5.74) is 0. The van der Waals surface area contributed by atoms with Crippen LogP contribution in [0.15, 0.2) is 32.7 Å². The number of hydrogen-bond acceptors (Lipinski definition) is 5. The highest BCUT2D eigenvalue weighted by atomic mass is 32.2.